The highest BCUT2D eigenvalue weighted by Crippen LogP contribution is 2.46. The number of thiazole rings is 1. The summed E-state index contributed by atoms with van der Waals surface area (Å²) < 4.78 is 68.1. The van der Waals surface area contributed by atoms with Crippen LogP contribution in [0.5, 0.6) is 0 Å². The summed E-state index contributed by atoms with van der Waals surface area (Å²) in [5.41, 5.74) is -0.220. The number of benzene rings is 2. The van der Waals surface area contributed by atoms with E-state index in [1.807, 2.05) is 0 Å². The van der Waals surface area contributed by atoms with Gasteiger partial charge in [-0.1, -0.05) is 54.0 Å². The van der Waals surface area contributed by atoms with Gasteiger partial charge in [0, 0.05) is 29.7 Å². The van der Waals surface area contributed by atoms with E-state index in [-0.39, 0.29) is 46.1 Å². The maximum Gasteiger partial charge on any atom is 0.417 e. The lowest BCUT2D eigenvalue weighted by molar-refractivity contribution is -0.137. The molecule has 220 valence electrons. The molecular formula is C30H27F4N3O4S. The molecule has 0 radical (unpaired) electrons. The third-order valence-corrected chi connectivity index (χ3v) is 8.70. The van der Waals surface area contributed by atoms with Crippen molar-refractivity contribution in [1.82, 2.24) is 10.1 Å². The lowest BCUT2D eigenvalue weighted by Crippen LogP contribution is -2.22. The molecule has 2 aliphatic rings. The maximum atomic E-state index is 14.4. The Balaban J connectivity index is 1.22. The second-order valence-corrected chi connectivity index (χ2v) is 11.8. The van der Waals surface area contributed by atoms with Gasteiger partial charge in [0.15, 0.2) is 5.82 Å². The van der Waals surface area contributed by atoms with E-state index >= 15 is 0 Å². The van der Waals surface area contributed by atoms with Gasteiger partial charge in [0.25, 0.3) is 0 Å². The Bertz CT molecular complexity index is 1640. The number of halogens is 4. The number of nitrogens with zero attached hydrogens (tertiary/aromatic N) is 3. The lowest BCUT2D eigenvalue weighted by atomic mass is 9.81. The topological polar surface area (TPSA) is 97.8 Å². The Hall–Kier alpha value is -3.64. The number of hydrogen-bond acceptors (Lipinski definition) is 7. The minimum Gasteiger partial charge on any atom is -0.478 e. The van der Waals surface area contributed by atoms with Crippen molar-refractivity contribution in [3.8, 4) is 11.3 Å². The van der Waals surface area contributed by atoms with Gasteiger partial charge in [-0.25, -0.2) is 19.2 Å². The highest BCUT2D eigenvalue weighted by molar-refractivity contribution is 7.22. The van der Waals surface area contributed by atoms with Crippen LogP contribution < -0.4 is 0 Å². The average Bonchev–Trinajstić information content (AvgIpc) is 3.54. The molecule has 2 heterocycles. The van der Waals surface area contributed by atoms with Gasteiger partial charge in [0.05, 0.1) is 28.5 Å². The molecule has 2 aliphatic carbocycles. The molecule has 2 aromatic heterocycles. The number of alkyl halides is 3. The number of fused-ring (bicyclic) bond motifs is 1. The van der Waals surface area contributed by atoms with Crippen LogP contribution in [-0.2, 0) is 17.5 Å². The summed E-state index contributed by atoms with van der Waals surface area (Å²) in [5.74, 6) is -0.763. The van der Waals surface area contributed by atoms with Crippen LogP contribution in [0.25, 0.3) is 21.5 Å². The first kappa shape index (κ1) is 28.5. The molecule has 1 unspecified atom stereocenters. The molecule has 2 saturated carbocycles. The molecule has 6 rings (SSSR count). The van der Waals surface area contributed by atoms with E-state index in [0.717, 1.165) is 62.0 Å². The van der Waals surface area contributed by atoms with E-state index in [1.165, 1.54) is 18.2 Å². The van der Waals surface area contributed by atoms with Crippen LogP contribution >= 0.6 is 11.3 Å². The number of rotatable bonds is 11. The van der Waals surface area contributed by atoms with E-state index in [2.05, 4.69) is 15.1 Å². The van der Waals surface area contributed by atoms with Gasteiger partial charge in [0.1, 0.15) is 17.0 Å². The Morgan fingerprint density at radius 3 is 2.69 bits per heavy atom. The van der Waals surface area contributed by atoms with Gasteiger partial charge in [-0.3, -0.25) is 0 Å². The normalized spacial score (nSPS) is 16.8. The maximum absolute atomic E-state index is 14.4. The summed E-state index contributed by atoms with van der Waals surface area (Å²) in [5, 5.41) is 13.6. The number of hydrogen-bond donors (Lipinski definition) is 1. The molecule has 1 N–H and O–H groups in total. The molecule has 0 bridgehead atoms. The zero-order valence-corrected chi connectivity index (χ0v) is 23.2. The number of aromatic nitrogens is 2. The van der Waals surface area contributed by atoms with Gasteiger partial charge in [0.2, 0.25) is 5.13 Å². The molecule has 4 aromatic rings. The summed E-state index contributed by atoms with van der Waals surface area (Å²) in [4.78, 5) is 19.8. The summed E-state index contributed by atoms with van der Waals surface area (Å²) in [6, 6.07) is 7.64. The number of carbonyl (C=O) groups is 1. The largest absolute Gasteiger partial charge is 0.478 e. The quantitative estimate of drug-likeness (QED) is 0.137. The van der Waals surface area contributed by atoms with Crippen LogP contribution in [0.15, 0.2) is 45.9 Å². The lowest BCUT2D eigenvalue weighted by Gasteiger charge is -2.29. The molecule has 12 heteroatoms. The predicted molar refractivity (Wildman–Crippen MR) is 149 cm³/mol. The van der Waals surface area contributed by atoms with Gasteiger partial charge in [-0.05, 0) is 43.4 Å². The molecule has 0 amide bonds. The average molecular weight is 602 g/mol. The van der Waals surface area contributed by atoms with Crippen molar-refractivity contribution in [2.75, 3.05) is 0 Å². The van der Waals surface area contributed by atoms with Crippen molar-refractivity contribution in [3.63, 3.8) is 0 Å². The fourth-order valence-electron chi connectivity index (χ4n) is 5.21. The molecule has 2 fully saturated rings. The van der Waals surface area contributed by atoms with Crippen molar-refractivity contribution in [2.45, 2.75) is 69.8 Å². The Morgan fingerprint density at radius 1 is 1.21 bits per heavy atom. The van der Waals surface area contributed by atoms with Crippen molar-refractivity contribution in [1.29, 1.82) is 0 Å². The molecule has 2 aromatic carbocycles. The SMILES string of the molecule is O=C(O)c1cc(F)c2nc(/N=C/CC(CC3CCC3)OCc3c(-c4ccccc4C(F)(F)F)noc3C3CC3)sc2c1. The van der Waals surface area contributed by atoms with E-state index in [4.69, 9.17) is 9.26 Å². The highest BCUT2D eigenvalue weighted by atomic mass is 32.1. The smallest absolute Gasteiger partial charge is 0.417 e. The Kier molecular flexibility index (Phi) is 7.84. The molecule has 42 heavy (non-hydrogen) atoms. The first-order valence-electron chi connectivity index (χ1n) is 13.8. The van der Waals surface area contributed by atoms with Crippen molar-refractivity contribution in [2.24, 2.45) is 10.9 Å². The van der Waals surface area contributed by atoms with Crippen LogP contribution in [0.2, 0.25) is 0 Å². The van der Waals surface area contributed by atoms with Gasteiger partial charge in [-0.15, -0.1) is 0 Å². The number of carboxylic acid groups (broad SMARTS) is 1. The monoisotopic (exact) mass is 601 g/mol. The van der Waals surface area contributed by atoms with Crippen LogP contribution in [0.4, 0.5) is 22.7 Å². The fourth-order valence-corrected chi connectivity index (χ4v) is 6.10. The zero-order chi connectivity index (χ0) is 29.4. The molecule has 0 aliphatic heterocycles. The molecule has 7 nitrogen and oxygen atoms in total. The first-order chi connectivity index (χ1) is 20.2. The zero-order valence-electron chi connectivity index (χ0n) is 22.4. The summed E-state index contributed by atoms with van der Waals surface area (Å²) in [7, 11) is 0. The summed E-state index contributed by atoms with van der Waals surface area (Å²) in [6.07, 6.45) is 3.11. The van der Waals surface area contributed by atoms with Gasteiger partial charge >= 0.3 is 12.1 Å². The number of carboxylic acids is 1. The van der Waals surface area contributed by atoms with E-state index in [9.17, 15) is 27.5 Å². The number of ether oxygens (including phenoxy) is 1. The van der Waals surface area contributed by atoms with E-state index in [0.29, 0.717) is 28.4 Å². The predicted octanol–water partition coefficient (Wildman–Crippen LogP) is 8.55. The van der Waals surface area contributed by atoms with Crippen LogP contribution in [0.1, 0.15) is 78.1 Å². The summed E-state index contributed by atoms with van der Waals surface area (Å²) in [6.45, 7) is 0.0480. The second kappa shape index (κ2) is 11.6. The van der Waals surface area contributed by atoms with Crippen molar-refractivity contribution in [3.05, 3.63) is 64.7 Å². The standard InChI is InChI=1S/C30H27F4N3O4S/c31-23-13-18(28(38)39)14-24-26(23)36-29(42-24)35-11-10-19(12-16-4-3-5-16)40-15-21-25(37-41-27(21)17-8-9-17)20-6-1-2-7-22(20)30(32,33)34/h1-2,6-7,11,13-14,16-17,19H,3-5,8-10,12,15H2,(H,38,39)/b35-11+. The first-order valence-corrected chi connectivity index (χ1v) is 14.6. The minimum absolute atomic E-state index is 0.0366. The Labute approximate surface area is 242 Å². The third-order valence-electron chi connectivity index (χ3n) is 7.79. The van der Waals surface area contributed by atoms with Crippen molar-refractivity contribution >= 4 is 38.9 Å². The van der Waals surface area contributed by atoms with Crippen LogP contribution in [0, 0.1) is 11.7 Å². The summed E-state index contributed by atoms with van der Waals surface area (Å²) >= 11 is 1.08. The van der Waals surface area contributed by atoms with E-state index in [1.54, 1.807) is 12.3 Å². The Morgan fingerprint density at radius 2 is 2.00 bits per heavy atom. The van der Waals surface area contributed by atoms with E-state index < -0.39 is 23.5 Å². The van der Waals surface area contributed by atoms with Crippen molar-refractivity contribution < 1.29 is 36.7 Å². The molecular weight excluding hydrogens is 574 g/mol. The van der Waals surface area contributed by atoms with Crippen LogP contribution in [0.3, 0.4) is 0 Å². The van der Waals surface area contributed by atoms with Crippen LogP contribution in [-0.4, -0.2) is 33.5 Å². The number of aromatic carboxylic acids is 1. The minimum atomic E-state index is -4.55. The molecule has 0 spiro atoms. The highest BCUT2D eigenvalue weighted by Gasteiger charge is 2.38. The van der Waals surface area contributed by atoms with Gasteiger partial charge < -0.3 is 14.4 Å². The fraction of sp³-hybridized carbons (Fsp3) is 0.400. The third kappa shape index (κ3) is 6.10. The molecule has 1 atom stereocenters. The second-order valence-electron chi connectivity index (χ2n) is 10.8. The number of aliphatic imine (C=N–C) groups is 1. The van der Waals surface area contributed by atoms with Gasteiger partial charge in [-0.2, -0.15) is 13.2 Å². The molecule has 0 saturated heterocycles.